The molecule has 0 aromatic rings. The number of rotatable bonds is 24. The van der Waals surface area contributed by atoms with Crippen LogP contribution in [0.5, 0.6) is 0 Å². The Morgan fingerprint density at radius 2 is 1.17 bits per heavy atom. The van der Waals surface area contributed by atoms with Gasteiger partial charge < -0.3 is 10.0 Å². The summed E-state index contributed by atoms with van der Waals surface area (Å²) in [6.45, 7) is 7.85. The van der Waals surface area contributed by atoms with Crippen LogP contribution in [0.1, 0.15) is 110 Å². The maximum Gasteiger partial charge on any atom is 0.539 e. The topological polar surface area (TPSA) is 59.0 Å². The molecule has 0 saturated carbocycles. The van der Waals surface area contributed by atoms with Crippen molar-refractivity contribution in [3.05, 3.63) is 0 Å². The van der Waals surface area contributed by atoms with Gasteiger partial charge in [-0.1, -0.05) is 77.6 Å². The van der Waals surface area contributed by atoms with Gasteiger partial charge in [0.15, 0.2) is 6.16 Å². The van der Waals surface area contributed by atoms with E-state index in [9.17, 15) is 4.57 Å². The summed E-state index contributed by atoms with van der Waals surface area (Å²) in [4.78, 5) is 7.21. The molecular formula is C23H49NO4P+. The first kappa shape index (κ1) is 28.9. The maximum absolute atomic E-state index is 11.7. The lowest BCUT2D eigenvalue weighted by Gasteiger charge is -2.21. The van der Waals surface area contributed by atoms with E-state index in [-0.39, 0.29) is 6.61 Å². The number of aliphatic hydroxyl groups excluding tert-OH is 1. The Morgan fingerprint density at radius 3 is 1.69 bits per heavy atom. The molecule has 6 heteroatoms. The van der Waals surface area contributed by atoms with Crippen LogP contribution in [0, 0.1) is 0 Å². The van der Waals surface area contributed by atoms with E-state index < -0.39 is 8.03 Å². The van der Waals surface area contributed by atoms with E-state index in [1.165, 1.54) is 77.0 Å². The molecule has 1 N–H and O–H groups in total. The molecule has 1 unspecified atom stereocenters. The van der Waals surface area contributed by atoms with E-state index in [0.717, 1.165) is 38.9 Å². The van der Waals surface area contributed by atoms with Crippen molar-refractivity contribution in [1.82, 2.24) is 4.90 Å². The summed E-state index contributed by atoms with van der Waals surface area (Å²) in [6.07, 6.45) is 19.7. The van der Waals surface area contributed by atoms with Gasteiger partial charge in [0.2, 0.25) is 0 Å². The Labute approximate surface area is 181 Å². The highest BCUT2D eigenvalue weighted by Gasteiger charge is 2.18. The van der Waals surface area contributed by atoms with E-state index in [0.29, 0.717) is 12.8 Å². The second kappa shape index (κ2) is 24.2. The molecule has 0 radical (unpaired) electrons. The summed E-state index contributed by atoms with van der Waals surface area (Å²) in [5.74, 6) is 0. The van der Waals surface area contributed by atoms with Gasteiger partial charge in [0, 0.05) is 24.2 Å². The molecule has 0 amide bonds. The molecule has 0 saturated heterocycles. The minimum Gasteiger partial charge on any atom is -0.396 e. The highest BCUT2D eigenvalue weighted by Crippen LogP contribution is 2.23. The van der Waals surface area contributed by atoms with Crippen molar-refractivity contribution in [3.8, 4) is 0 Å². The van der Waals surface area contributed by atoms with Gasteiger partial charge in [-0.05, 0) is 43.8 Å². The number of nitrogens with zero attached hydrogens (tertiary/aromatic N) is 1. The Balaban J connectivity index is 3.68. The second-order valence-electron chi connectivity index (χ2n) is 8.05. The molecule has 174 valence electrons. The summed E-state index contributed by atoms with van der Waals surface area (Å²) in [6, 6.07) is 0. The van der Waals surface area contributed by atoms with Crippen molar-refractivity contribution in [2.45, 2.75) is 110 Å². The largest absolute Gasteiger partial charge is 0.539 e. The van der Waals surface area contributed by atoms with Gasteiger partial charge in [0.1, 0.15) is 0 Å². The van der Waals surface area contributed by atoms with E-state index in [1.54, 1.807) is 0 Å². The Kier molecular flexibility index (Phi) is 24.2. The van der Waals surface area contributed by atoms with E-state index in [4.69, 9.17) is 14.7 Å². The normalized spacial score (nSPS) is 12.1. The van der Waals surface area contributed by atoms with Gasteiger partial charge >= 0.3 is 8.03 Å². The summed E-state index contributed by atoms with van der Waals surface area (Å²) < 4.78 is 16.5. The highest BCUT2D eigenvalue weighted by atomic mass is 31.1. The third kappa shape index (κ3) is 22.4. The zero-order chi connectivity index (χ0) is 21.4. The molecule has 0 heterocycles. The van der Waals surface area contributed by atoms with Gasteiger partial charge in [-0.15, -0.1) is 0 Å². The van der Waals surface area contributed by atoms with Crippen molar-refractivity contribution >= 4 is 8.03 Å². The first-order valence-corrected chi connectivity index (χ1v) is 13.7. The third-order valence-corrected chi connectivity index (χ3v) is 6.23. The van der Waals surface area contributed by atoms with E-state index in [2.05, 4.69) is 11.8 Å². The average molecular weight is 435 g/mol. The summed E-state index contributed by atoms with van der Waals surface area (Å²) in [7, 11) is -1.70. The van der Waals surface area contributed by atoms with E-state index in [1.807, 2.05) is 6.92 Å². The standard InChI is InChI=1S/C23H49NO4P/c1-3-5-6-7-8-9-10-11-12-13-14-15-19-24(20-16-17-22-25)21-18-23-29(26)28-27-4-2/h25H,3-23H2,1-2H3/q+1. The summed E-state index contributed by atoms with van der Waals surface area (Å²) in [5, 5.41) is 9.01. The van der Waals surface area contributed by atoms with Crippen LogP contribution in [-0.2, 0) is 14.1 Å². The van der Waals surface area contributed by atoms with E-state index >= 15 is 0 Å². The van der Waals surface area contributed by atoms with Crippen molar-refractivity contribution in [2.75, 3.05) is 39.0 Å². The minimum atomic E-state index is -1.70. The quantitative estimate of drug-likeness (QED) is 0.0778. The predicted octanol–water partition coefficient (Wildman–Crippen LogP) is 6.86. The van der Waals surface area contributed by atoms with Crippen LogP contribution >= 0.6 is 8.03 Å². The fourth-order valence-electron chi connectivity index (χ4n) is 3.53. The summed E-state index contributed by atoms with van der Waals surface area (Å²) >= 11 is 0. The average Bonchev–Trinajstić information content (AvgIpc) is 2.72. The van der Waals surface area contributed by atoms with Gasteiger partial charge in [-0.3, -0.25) is 0 Å². The van der Waals surface area contributed by atoms with Crippen LogP contribution < -0.4 is 0 Å². The minimum absolute atomic E-state index is 0.264. The Hall–Kier alpha value is -0.0600. The van der Waals surface area contributed by atoms with Crippen LogP contribution in [0.3, 0.4) is 0 Å². The lowest BCUT2D eigenvalue weighted by Crippen LogP contribution is -2.27. The monoisotopic (exact) mass is 434 g/mol. The predicted molar refractivity (Wildman–Crippen MR) is 124 cm³/mol. The van der Waals surface area contributed by atoms with Gasteiger partial charge in [-0.2, -0.15) is 4.89 Å². The van der Waals surface area contributed by atoms with Gasteiger partial charge in [-0.25, -0.2) is 0 Å². The molecule has 0 aliphatic rings. The molecule has 0 aromatic heterocycles. The molecule has 1 atom stereocenters. The molecule has 29 heavy (non-hydrogen) atoms. The molecule has 0 fully saturated rings. The first-order valence-electron chi connectivity index (χ1n) is 12.3. The Morgan fingerprint density at radius 1 is 0.690 bits per heavy atom. The SMILES string of the molecule is CCCCCCCCCCCCCCN(CCCCO)CCC[P+](=O)OOCC. The maximum atomic E-state index is 11.7. The molecule has 0 bridgehead atoms. The smallest absolute Gasteiger partial charge is 0.396 e. The fourth-order valence-corrected chi connectivity index (χ4v) is 4.23. The van der Waals surface area contributed by atoms with Crippen molar-refractivity contribution in [2.24, 2.45) is 0 Å². The lowest BCUT2D eigenvalue weighted by atomic mass is 10.1. The lowest BCUT2D eigenvalue weighted by molar-refractivity contribution is -0.196. The Bertz CT molecular complexity index is 345. The highest BCUT2D eigenvalue weighted by molar-refractivity contribution is 7.38. The number of hydrogen-bond acceptors (Lipinski definition) is 5. The molecule has 0 aliphatic carbocycles. The van der Waals surface area contributed by atoms with Crippen molar-refractivity contribution in [3.63, 3.8) is 0 Å². The number of unbranched alkanes of at least 4 members (excludes halogenated alkanes) is 12. The third-order valence-electron chi connectivity index (χ3n) is 5.28. The van der Waals surface area contributed by atoms with Gasteiger partial charge in [0.05, 0.1) is 6.61 Å². The van der Waals surface area contributed by atoms with Crippen molar-refractivity contribution < 1.29 is 19.2 Å². The number of aliphatic hydroxyl groups is 1. The van der Waals surface area contributed by atoms with Crippen LogP contribution in [0.15, 0.2) is 0 Å². The number of hydrogen-bond donors (Lipinski definition) is 1. The first-order chi connectivity index (χ1) is 14.2. The molecule has 5 nitrogen and oxygen atoms in total. The second-order valence-corrected chi connectivity index (χ2v) is 9.31. The summed E-state index contributed by atoms with van der Waals surface area (Å²) in [5.41, 5.74) is 0. The van der Waals surface area contributed by atoms with Crippen LogP contribution in [0.25, 0.3) is 0 Å². The fraction of sp³-hybridized carbons (Fsp3) is 1.00. The van der Waals surface area contributed by atoms with Crippen LogP contribution in [0.4, 0.5) is 0 Å². The molecular weight excluding hydrogens is 385 g/mol. The molecule has 0 spiro atoms. The molecule has 0 rings (SSSR count). The van der Waals surface area contributed by atoms with Gasteiger partial charge in [0.25, 0.3) is 0 Å². The van der Waals surface area contributed by atoms with Crippen LogP contribution in [-0.4, -0.2) is 49.0 Å². The molecule has 0 aliphatic heterocycles. The van der Waals surface area contributed by atoms with Crippen molar-refractivity contribution in [1.29, 1.82) is 0 Å². The zero-order valence-corrected chi connectivity index (χ0v) is 20.3. The molecule has 0 aromatic carbocycles. The van der Waals surface area contributed by atoms with Crippen LogP contribution in [0.2, 0.25) is 0 Å². The zero-order valence-electron chi connectivity index (χ0n) is 19.4.